The van der Waals surface area contributed by atoms with Crippen LogP contribution in [0.3, 0.4) is 0 Å². The van der Waals surface area contributed by atoms with Gasteiger partial charge in [-0.15, -0.1) is 0 Å². The van der Waals surface area contributed by atoms with Crippen molar-refractivity contribution in [3.05, 3.63) is 70.3 Å². The lowest BCUT2D eigenvalue weighted by Gasteiger charge is -2.13. The lowest BCUT2D eigenvalue weighted by molar-refractivity contribution is 0.0976. The van der Waals surface area contributed by atoms with Crippen LogP contribution < -0.4 is 20.1 Å². The summed E-state index contributed by atoms with van der Waals surface area (Å²) in [7, 11) is 2.97. The number of nitrogens with one attached hydrogen (secondary N) is 2. The number of hydrogen-bond acceptors (Lipinski definition) is 6. The summed E-state index contributed by atoms with van der Waals surface area (Å²) in [6.07, 6.45) is 0. The molecule has 0 bridgehead atoms. The van der Waals surface area contributed by atoms with E-state index in [1.807, 2.05) is 13.8 Å². The van der Waals surface area contributed by atoms with E-state index in [1.54, 1.807) is 24.3 Å². The average molecular weight is 458 g/mol. The summed E-state index contributed by atoms with van der Waals surface area (Å²) in [5, 5.41) is 5.51. The van der Waals surface area contributed by atoms with Gasteiger partial charge in [0.2, 0.25) is 5.96 Å². The molecule has 0 aliphatic carbocycles. The highest BCUT2D eigenvalue weighted by Gasteiger charge is 2.14. The standard InChI is InChI=1S/C22H21ClFN5O3/c1-12-7-13(2)26-21(25-12)29-22(27-15-5-6-19(24)18(23)10-15)28-20(30)14-8-16(31-3)11-17(9-14)32-4/h5-11H,1-4H3,(H2,25,26,27,28,29,30). The normalized spacial score (nSPS) is 11.1. The monoisotopic (exact) mass is 457 g/mol. The molecule has 1 amide bonds. The molecule has 0 aliphatic rings. The van der Waals surface area contributed by atoms with Gasteiger partial charge < -0.3 is 14.8 Å². The number of halogens is 2. The van der Waals surface area contributed by atoms with Crippen molar-refractivity contribution >= 4 is 35.1 Å². The number of hydrogen-bond donors (Lipinski definition) is 2. The maximum Gasteiger partial charge on any atom is 0.258 e. The van der Waals surface area contributed by atoms with Crippen LogP contribution in [0.25, 0.3) is 0 Å². The minimum Gasteiger partial charge on any atom is -0.497 e. The summed E-state index contributed by atoms with van der Waals surface area (Å²) in [5.74, 6) is -0.00843. The number of carbonyl (C=O) groups excluding carboxylic acids is 1. The molecule has 2 aromatic carbocycles. The molecular formula is C22H21ClFN5O3. The molecule has 1 heterocycles. The van der Waals surface area contributed by atoms with Crippen molar-refractivity contribution in [2.24, 2.45) is 4.99 Å². The Kier molecular flexibility index (Phi) is 7.21. The Morgan fingerprint density at radius 1 is 1.00 bits per heavy atom. The van der Waals surface area contributed by atoms with Crippen LogP contribution in [0, 0.1) is 19.7 Å². The van der Waals surface area contributed by atoms with E-state index in [4.69, 9.17) is 21.1 Å². The molecule has 8 nitrogen and oxygen atoms in total. The number of amides is 1. The molecule has 1 aromatic heterocycles. The number of aryl methyl sites for hydroxylation is 2. The first-order chi connectivity index (χ1) is 15.3. The number of nitrogens with zero attached hydrogens (tertiary/aromatic N) is 3. The molecule has 32 heavy (non-hydrogen) atoms. The number of ether oxygens (including phenoxy) is 2. The summed E-state index contributed by atoms with van der Waals surface area (Å²) in [6.45, 7) is 3.61. The minimum absolute atomic E-state index is 0.0180. The fourth-order valence-electron chi connectivity index (χ4n) is 2.77. The van der Waals surface area contributed by atoms with E-state index in [2.05, 4.69) is 25.6 Å². The maximum absolute atomic E-state index is 13.5. The minimum atomic E-state index is -0.569. The van der Waals surface area contributed by atoms with Gasteiger partial charge in [0.05, 0.1) is 19.2 Å². The van der Waals surface area contributed by atoms with E-state index < -0.39 is 11.7 Å². The van der Waals surface area contributed by atoms with E-state index >= 15 is 0 Å². The predicted molar refractivity (Wildman–Crippen MR) is 121 cm³/mol. The van der Waals surface area contributed by atoms with Gasteiger partial charge in [-0.25, -0.2) is 14.4 Å². The molecule has 0 unspecified atom stereocenters. The van der Waals surface area contributed by atoms with E-state index in [0.717, 1.165) is 0 Å². The number of aromatic nitrogens is 2. The van der Waals surface area contributed by atoms with Gasteiger partial charge in [-0.1, -0.05) is 11.6 Å². The lowest BCUT2D eigenvalue weighted by Crippen LogP contribution is -2.36. The molecule has 3 aromatic rings. The Morgan fingerprint density at radius 2 is 1.62 bits per heavy atom. The second-order valence-corrected chi connectivity index (χ2v) is 7.13. The quantitative estimate of drug-likeness (QED) is 0.434. The molecule has 0 saturated heterocycles. The Morgan fingerprint density at radius 3 is 2.19 bits per heavy atom. The largest absolute Gasteiger partial charge is 0.497 e. The van der Waals surface area contributed by atoms with Crippen molar-refractivity contribution in [1.29, 1.82) is 0 Å². The first-order valence-corrected chi connectivity index (χ1v) is 9.82. The van der Waals surface area contributed by atoms with Crippen LogP contribution in [0.2, 0.25) is 5.02 Å². The van der Waals surface area contributed by atoms with Crippen LogP contribution in [0.1, 0.15) is 21.7 Å². The third-order valence-electron chi connectivity index (χ3n) is 4.21. The zero-order chi connectivity index (χ0) is 23.3. The van der Waals surface area contributed by atoms with Crippen molar-refractivity contribution in [3.63, 3.8) is 0 Å². The summed E-state index contributed by atoms with van der Waals surface area (Å²) >= 11 is 5.87. The Bertz CT molecular complexity index is 1140. The molecule has 0 spiro atoms. The third kappa shape index (κ3) is 5.92. The van der Waals surface area contributed by atoms with E-state index in [1.165, 1.54) is 32.4 Å². The SMILES string of the molecule is COc1cc(OC)cc(C(=O)NC(=Nc2nc(C)cc(C)n2)Nc2ccc(F)c(Cl)c2)c1. The van der Waals surface area contributed by atoms with Gasteiger partial charge in [-0.3, -0.25) is 10.1 Å². The maximum atomic E-state index is 13.5. The van der Waals surface area contributed by atoms with E-state index in [0.29, 0.717) is 28.6 Å². The van der Waals surface area contributed by atoms with Crippen molar-refractivity contribution in [2.75, 3.05) is 19.5 Å². The van der Waals surface area contributed by atoms with E-state index in [-0.39, 0.29) is 22.5 Å². The summed E-state index contributed by atoms with van der Waals surface area (Å²) < 4.78 is 24.0. The molecule has 0 aliphatic heterocycles. The average Bonchev–Trinajstić information content (AvgIpc) is 2.75. The molecule has 2 N–H and O–H groups in total. The van der Waals surface area contributed by atoms with Crippen LogP contribution in [0.4, 0.5) is 16.0 Å². The zero-order valence-electron chi connectivity index (χ0n) is 17.9. The van der Waals surface area contributed by atoms with Crippen LogP contribution >= 0.6 is 11.6 Å². The number of carbonyl (C=O) groups is 1. The van der Waals surface area contributed by atoms with Gasteiger partial charge in [0.15, 0.2) is 0 Å². The van der Waals surface area contributed by atoms with Gasteiger partial charge >= 0.3 is 0 Å². The lowest BCUT2D eigenvalue weighted by atomic mass is 10.2. The molecule has 0 atom stereocenters. The smallest absolute Gasteiger partial charge is 0.258 e. The number of benzene rings is 2. The zero-order valence-corrected chi connectivity index (χ0v) is 18.6. The van der Waals surface area contributed by atoms with E-state index in [9.17, 15) is 9.18 Å². The van der Waals surface area contributed by atoms with Crippen LogP contribution in [-0.4, -0.2) is 36.1 Å². The van der Waals surface area contributed by atoms with Crippen molar-refractivity contribution in [1.82, 2.24) is 15.3 Å². The van der Waals surface area contributed by atoms with Gasteiger partial charge in [0, 0.05) is 28.7 Å². The number of anilines is 1. The topological polar surface area (TPSA) is 97.7 Å². The molecule has 3 rings (SSSR count). The highest BCUT2D eigenvalue weighted by Crippen LogP contribution is 2.23. The number of methoxy groups -OCH3 is 2. The number of rotatable bonds is 5. The number of guanidine groups is 1. The highest BCUT2D eigenvalue weighted by atomic mass is 35.5. The molecule has 0 saturated carbocycles. The summed E-state index contributed by atoms with van der Waals surface area (Å²) in [6, 6.07) is 10.6. The summed E-state index contributed by atoms with van der Waals surface area (Å²) in [4.78, 5) is 25.8. The van der Waals surface area contributed by atoms with Crippen molar-refractivity contribution in [3.8, 4) is 11.5 Å². The molecule has 10 heteroatoms. The van der Waals surface area contributed by atoms with Gasteiger partial charge in [0.25, 0.3) is 11.9 Å². The second kappa shape index (κ2) is 10.1. The number of aliphatic imine (C=N–C) groups is 1. The van der Waals surface area contributed by atoms with Gasteiger partial charge in [0.1, 0.15) is 17.3 Å². The fraction of sp³-hybridized carbons (Fsp3) is 0.182. The molecule has 0 radical (unpaired) electrons. The molecular weight excluding hydrogens is 437 g/mol. The second-order valence-electron chi connectivity index (χ2n) is 6.72. The predicted octanol–water partition coefficient (Wildman–Crippen LogP) is 4.43. The van der Waals surface area contributed by atoms with Crippen LogP contribution in [0.15, 0.2) is 47.5 Å². The third-order valence-corrected chi connectivity index (χ3v) is 4.50. The molecule has 166 valence electrons. The Hall–Kier alpha value is -3.72. The van der Waals surface area contributed by atoms with Gasteiger partial charge in [-0.2, -0.15) is 4.99 Å². The van der Waals surface area contributed by atoms with Crippen LogP contribution in [-0.2, 0) is 0 Å². The van der Waals surface area contributed by atoms with Crippen LogP contribution in [0.5, 0.6) is 11.5 Å². The molecule has 0 fully saturated rings. The summed E-state index contributed by atoms with van der Waals surface area (Å²) in [5.41, 5.74) is 2.10. The Balaban J connectivity index is 1.97. The van der Waals surface area contributed by atoms with Gasteiger partial charge in [-0.05, 0) is 50.2 Å². The first kappa shape index (κ1) is 23.0. The highest BCUT2D eigenvalue weighted by molar-refractivity contribution is 6.31. The Labute approximate surface area is 189 Å². The van der Waals surface area contributed by atoms with Crippen molar-refractivity contribution in [2.45, 2.75) is 13.8 Å². The first-order valence-electron chi connectivity index (χ1n) is 9.45. The fourth-order valence-corrected chi connectivity index (χ4v) is 2.95. The van der Waals surface area contributed by atoms with Crippen molar-refractivity contribution < 1.29 is 18.7 Å².